The van der Waals surface area contributed by atoms with Crippen molar-refractivity contribution in [2.24, 2.45) is 16.4 Å². The van der Waals surface area contributed by atoms with Gasteiger partial charge in [0.1, 0.15) is 0 Å². The standard InChI is InChI=1S/C16H21BrN2O/c1-11-8-12(10-16(2,3)9-11)18-19-15(20)13-6-4-5-7-14(13)17/h4-7,11H,8-10H2,1-3H3,(H,19,20). The molecule has 0 spiro atoms. The van der Waals surface area contributed by atoms with Crippen LogP contribution in [0.25, 0.3) is 0 Å². The molecule has 1 fully saturated rings. The second-order valence-corrected chi connectivity index (χ2v) is 7.31. The quantitative estimate of drug-likeness (QED) is 0.800. The Morgan fingerprint density at radius 1 is 1.40 bits per heavy atom. The summed E-state index contributed by atoms with van der Waals surface area (Å²) in [7, 11) is 0. The van der Waals surface area contributed by atoms with Crippen molar-refractivity contribution >= 4 is 27.5 Å². The minimum atomic E-state index is -0.166. The predicted molar refractivity (Wildman–Crippen MR) is 85.8 cm³/mol. The Bertz CT molecular complexity index is 537. The molecule has 1 aliphatic rings. The third-order valence-corrected chi connectivity index (χ3v) is 4.29. The molecule has 1 aromatic carbocycles. The fraction of sp³-hybridized carbons (Fsp3) is 0.500. The van der Waals surface area contributed by atoms with E-state index in [0.717, 1.165) is 23.0 Å². The summed E-state index contributed by atoms with van der Waals surface area (Å²) in [4.78, 5) is 12.1. The number of halogens is 1. The summed E-state index contributed by atoms with van der Waals surface area (Å²) in [6, 6.07) is 7.37. The molecule has 1 saturated carbocycles. The first-order chi connectivity index (χ1) is 9.37. The van der Waals surface area contributed by atoms with Crippen molar-refractivity contribution in [3.8, 4) is 0 Å². The second kappa shape index (κ2) is 6.08. The van der Waals surface area contributed by atoms with Gasteiger partial charge in [-0.1, -0.05) is 32.9 Å². The first-order valence-corrected chi connectivity index (χ1v) is 7.77. The van der Waals surface area contributed by atoms with Gasteiger partial charge in [-0.05, 0) is 58.7 Å². The number of nitrogens with one attached hydrogen (secondary N) is 1. The summed E-state index contributed by atoms with van der Waals surface area (Å²) < 4.78 is 0.787. The maximum absolute atomic E-state index is 12.1. The Kier molecular flexibility index (Phi) is 4.63. The zero-order valence-electron chi connectivity index (χ0n) is 12.2. The van der Waals surface area contributed by atoms with Crippen LogP contribution in [-0.2, 0) is 0 Å². The third kappa shape index (κ3) is 3.92. The summed E-state index contributed by atoms with van der Waals surface area (Å²) >= 11 is 3.38. The van der Waals surface area contributed by atoms with Crippen molar-refractivity contribution in [3.05, 3.63) is 34.3 Å². The van der Waals surface area contributed by atoms with Gasteiger partial charge >= 0.3 is 0 Å². The molecule has 2 rings (SSSR count). The molecular weight excluding hydrogens is 316 g/mol. The Hall–Kier alpha value is -1.16. The van der Waals surface area contributed by atoms with Gasteiger partial charge in [0.2, 0.25) is 0 Å². The lowest BCUT2D eigenvalue weighted by Crippen LogP contribution is -2.30. The maximum atomic E-state index is 12.1. The largest absolute Gasteiger partial charge is 0.272 e. The first-order valence-electron chi connectivity index (χ1n) is 6.98. The number of nitrogens with zero attached hydrogens (tertiary/aromatic N) is 1. The van der Waals surface area contributed by atoms with Crippen LogP contribution in [0.1, 0.15) is 50.4 Å². The smallest absolute Gasteiger partial charge is 0.267 e. The molecule has 1 unspecified atom stereocenters. The van der Waals surface area contributed by atoms with Crippen LogP contribution in [0.2, 0.25) is 0 Å². The van der Waals surface area contributed by atoms with E-state index in [1.807, 2.05) is 18.2 Å². The molecule has 0 heterocycles. The maximum Gasteiger partial charge on any atom is 0.272 e. The lowest BCUT2D eigenvalue weighted by atomic mass is 9.72. The summed E-state index contributed by atoms with van der Waals surface area (Å²) in [5, 5.41) is 4.34. The molecule has 0 aliphatic heterocycles. The molecule has 0 radical (unpaired) electrons. The average molecular weight is 337 g/mol. The minimum Gasteiger partial charge on any atom is -0.267 e. The molecule has 4 heteroatoms. The van der Waals surface area contributed by atoms with E-state index in [9.17, 15) is 4.79 Å². The van der Waals surface area contributed by atoms with E-state index in [1.54, 1.807) is 6.07 Å². The van der Waals surface area contributed by atoms with Crippen LogP contribution in [0.5, 0.6) is 0 Å². The monoisotopic (exact) mass is 336 g/mol. The topological polar surface area (TPSA) is 41.5 Å². The Labute approximate surface area is 129 Å². The van der Waals surface area contributed by atoms with E-state index in [1.165, 1.54) is 6.42 Å². The normalized spacial score (nSPS) is 23.6. The van der Waals surface area contributed by atoms with Gasteiger partial charge in [0.05, 0.1) is 5.56 Å². The Morgan fingerprint density at radius 3 is 2.75 bits per heavy atom. The number of carbonyl (C=O) groups is 1. The molecule has 108 valence electrons. The lowest BCUT2D eigenvalue weighted by molar-refractivity contribution is 0.0953. The van der Waals surface area contributed by atoms with Gasteiger partial charge in [0, 0.05) is 10.2 Å². The minimum absolute atomic E-state index is 0.166. The number of hydrazone groups is 1. The zero-order chi connectivity index (χ0) is 14.8. The highest BCUT2D eigenvalue weighted by Gasteiger charge is 2.29. The van der Waals surface area contributed by atoms with Crippen LogP contribution < -0.4 is 5.43 Å². The van der Waals surface area contributed by atoms with Crippen LogP contribution in [0.3, 0.4) is 0 Å². The SMILES string of the molecule is CC1CC(=NNC(=O)c2ccccc2Br)CC(C)(C)C1. The molecule has 20 heavy (non-hydrogen) atoms. The lowest BCUT2D eigenvalue weighted by Gasteiger charge is -2.34. The van der Waals surface area contributed by atoms with Crippen LogP contribution in [0, 0.1) is 11.3 Å². The van der Waals surface area contributed by atoms with Gasteiger partial charge in [0.15, 0.2) is 0 Å². The fourth-order valence-corrected chi connectivity index (χ4v) is 3.50. The number of hydrogen-bond donors (Lipinski definition) is 1. The summed E-state index contributed by atoms with van der Waals surface area (Å²) in [6.45, 7) is 6.76. The van der Waals surface area contributed by atoms with Crippen molar-refractivity contribution in [2.45, 2.75) is 40.0 Å². The Balaban J connectivity index is 2.06. The number of amides is 1. The third-order valence-electron chi connectivity index (χ3n) is 3.60. The molecule has 1 N–H and O–H groups in total. The summed E-state index contributed by atoms with van der Waals surface area (Å²) in [5.41, 5.74) is 4.66. The van der Waals surface area contributed by atoms with E-state index >= 15 is 0 Å². The molecule has 1 amide bonds. The summed E-state index contributed by atoms with van der Waals surface area (Å²) in [5.74, 6) is 0.457. The van der Waals surface area contributed by atoms with Gasteiger partial charge in [-0.3, -0.25) is 4.79 Å². The molecule has 1 atom stereocenters. The van der Waals surface area contributed by atoms with E-state index in [4.69, 9.17) is 0 Å². The van der Waals surface area contributed by atoms with Gasteiger partial charge in [-0.25, -0.2) is 5.43 Å². The molecule has 0 aromatic heterocycles. The van der Waals surface area contributed by atoms with Crippen molar-refractivity contribution < 1.29 is 4.79 Å². The summed E-state index contributed by atoms with van der Waals surface area (Å²) in [6.07, 6.45) is 3.14. The highest BCUT2D eigenvalue weighted by atomic mass is 79.9. The van der Waals surface area contributed by atoms with Crippen molar-refractivity contribution in [2.75, 3.05) is 0 Å². The number of hydrogen-bond acceptors (Lipinski definition) is 2. The molecule has 1 aliphatic carbocycles. The number of rotatable bonds is 2. The van der Waals surface area contributed by atoms with Gasteiger partial charge in [-0.2, -0.15) is 5.10 Å². The fourth-order valence-electron chi connectivity index (χ4n) is 3.04. The van der Waals surface area contributed by atoms with Gasteiger partial charge < -0.3 is 0 Å². The van der Waals surface area contributed by atoms with Crippen LogP contribution in [0.4, 0.5) is 0 Å². The molecule has 0 bridgehead atoms. The van der Waals surface area contributed by atoms with Crippen LogP contribution in [0.15, 0.2) is 33.8 Å². The van der Waals surface area contributed by atoms with Crippen LogP contribution in [-0.4, -0.2) is 11.6 Å². The highest BCUT2D eigenvalue weighted by molar-refractivity contribution is 9.10. The molecule has 0 saturated heterocycles. The van der Waals surface area contributed by atoms with Crippen LogP contribution >= 0.6 is 15.9 Å². The number of carbonyl (C=O) groups excluding carboxylic acids is 1. The molecule has 1 aromatic rings. The van der Waals surface area contributed by atoms with E-state index in [-0.39, 0.29) is 11.3 Å². The van der Waals surface area contributed by atoms with E-state index in [2.05, 4.69) is 47.2 Å². The predicted octanol–water partition coefficient (Wildman–Crippen LogP) is 4.38. The van der Waals surface area contributed by atoms with Crippen molar-refractivity contribution in [1.82, 2.24) is 5.43 Å². The first kappa shape index (κ1) is 15.2. The van der Waals surface area contributed by atoms with Crippen molar-refractivity contribution in [1.29, 1.82) is 0 Å². The van der Waals surface area contributed by atoms with E-state index in [0.29, 0.717) is 11.5 Å². The van der Waals surface area contributed by atoms with Gasteiger partial charge in [0.25, 0.3) is 5.91 Å². The average Bonchev–Trinajstić information content (AvgIpc) is 2.34. The van der Waals surface area contributed by atoms with E-state index < -0.39 is 0 Å². The molecular formula is C16H21BrN2O. The molecule has 3 nitrogen and oxygen atoms in total. The second-order valence-electron chi connectivity index (χ2n) is 6.45. The van der Waals surface area contributed by atoms with Gasteiger partial charge in [-0.15, -0.1) is 0 Å². The van der Waals surface area contributed by atoms with Crippen molar-refractivity contribution in [3.63, 3.8) is 0 Å². The number of benzene rings is 1. The zero-order valence-corrected chi connectivity index (χ0v) is 13.8. The highest BCUT2D eigenvalue weighted by Crippen LogP contribution is 2.36. The Morgan fingerprint density at radius 2 is 2.10 bits per heavy atom.